The van der Waals surface area contributed by atoms with Crippen molar-refractivity contribution in [1.82, 2.24) is 15.1 Å². The van der Waals surface area contributed by atoms with Gasteiger partial charge >= 0.3 is 6.18 Å². The van der Waals surface area contributed by atoms with Gasteiger partial charge in [-0.15, -0.1) is 0 Å². The van der Waals surface area contributed by atoms with Crippen molar-refractivity contribution in [1.29, 1.82) is 0 Å². The van der Waals surface area contributed by atoms with Crippen LogP contribution in [0.5, 0.6) is 0 Å². The second-order valence-electron chi connectivity index (χ2n) is 11.5. The summed E-state index contributed by atoms with van der Waals surface area (Å²) in [5.41, 5.74) is -1.44. The van der Waals surface area contributed by atoms with Crippen LogP contribution in [0.25, 0.3) is 11.3 Å². The van der Waals surface area contributed by atoms with E-state index in [1.807, 2.05) is 11.8 Å². The maximum Gasteiger partial charge on any atom is 0.416 e. The maximum absolute atomic E-state index is 13.6. The Labute approximate surface area is 238 Å². The van der Waals surface area contributed by atoms with E-state index in [9.17, 15) is 22.8 Å². The van der Waals surface area contributed by atoms with Gasteiger partial charge in [-0.3, -0.25) is 14.5 Å². The lowest BCUT2D eigenvalue weighted by atomic mass is 9.79. The number of hydrogen-bond donors (Lipinski definition) is 1. The summed E-state index contributed by atoms with van der Waals surface area (Å²) >= 11 is 6.19. The van der Waals surface area contributed by atoms with Crippen LogP contribution in [0.2, 0.25) is 5.02 Å². The minimum Gasteiger partial charge on any atom is -0.460 e. The van der Waals surface area contributed by atoms with E-state index >= 15 is 0 Å². The number of piperazine rings is 1. The van der Waals surface area contributed by atoms with Crippen LogP contribution < -0.4 is 5.32 Å². The van der Waals surface area contributed by atoms with Crippen LogP contribution in [-0.4, -0.2) is 52.8 Å². The van der Waals surface area contributed by atoms with E-state index in [0.717, 1.165) is 37.8 Å². The quantitative estimate of drug-likeness (QED) is 0.398. The van der Waals surface area contributed by atoms with Gasteiger partial charge in [0, 0.05) is 25.2 Å². The van der Waals surface area contributed by atoms with Crippen LogP contribution in [0.4, 0.5) is 13.2 Å². The molecule has 0 bridgehead atoms. The highest BCUT2D eigenvalue weighted by Crippen LogP contribution is 2.38. The van der Waals surface area contributed by atoms with Gasteiger partial charge in [0.05, 0.1) is 17.1 Å². The molecule has 1 aromatic heterocycles. The molecule has 10 heteroatoms. The smallest absolute Gasteiger partial charge is 0.416 e. The van der Waals surface area contributed by atoms with Crippen LogP contribution >= 0.6 is 11.6 Å². The third kappa shape index (κ3) is 5.91. The first kappa shape index (κ1) is 29.0. The lowest BCUT2D eigenvalue weighted by Gasteiger charge is -2.52. The normalized spacial score (nSPS) is 22.6. The van der Waals surface area contributed by atoms with E-state index in [-0.39, 0.29) is 28.2 Å². The van der Waals surface area contributed by atoms with E-state index in [1.54, 1.807) is 12.1 Å². The van der Waals surface area contributed by atoms with Crippen LogP contribution in [0.15, 0.2) is 34.7 Å². The molecule has 1 atom stereocenters. The zero-order valence-electron chi connectivity index (χ0n) is 22.9. The number of furan rings is 1. The molecule has 1 saturated carbocycles. The van der Waals surface area contributed by atoms with Crippen LogP contribution in [0, 0.1) is 5.92 Å². The van der Waals surface area contributed by atoms with Crippen molar-refractivity contribution in [2.75, 3.05) is 19.6 Å². The Morgan fingerprint density at radius 3 is 2.48 bits per heavy atom. The van der Waals surface area contributed by atoms with E-state index in [2.05, 4.69) is 10.2 Å². The Balaban J connectivity index is 1.24. The van der Waals surface area contributed by atoms with Crippen molar-refractivity contribution in [3.8, 4) is 11.3 Å². The molecular formula is C30H37ClF3N3O3. The number of nitrogens with one attached hydrogen (secondary N) is 1. The molecule has 1 aromatic carbocycles. The first-order chi connectivity index (χ1) is 19.1. The molecular weight excluding hydrogens is 543 g/mol. The highest BCUT2D eigenvalue weighted by atomic mass is 35.5. The van der Waals surface area contributed by atoms with Gasteiger partial charge < -0.3 is 14.6 Å². The lowest BCUT2D eigenvalue weighted by Crippen LogP contribution is -2.73. The fourth-order valence-corrected chi connectivity index (χ4v) is 6.85. The van der Waals surface area contributed by atoms with Gasteiger partial charge in [0.1, 0.15) is 23.1 Å². The van der Waals surface area contributed by atoms with Crippen molar-refractivity contribution in [2.45, 2.75) is 89.0 Å². The number of alkyl halides is 3. The van der Waals surface area contributed by atoms with Gasteiger partial charge in [-0.05, 0) is 61.9 Å². The van der Waals surface area contributed by atoms with Gasteiger partial charge in [0.2, 0.25) is 11.8 Å². The summed E-state index contributed by atoms with van der Waals surface area (Å²) in [6.07, 6.45) is 3.97. The standard InChI is InChI=1S/C30H37ClF3N3O3/c1-2-14-37-27(38)25(17-20-6-4-3-5-7-20)35-28(39)29(37)12-15-36(16-13-29)19-22-9-11-26(40-22)23-18-21(30(32,33)34)8-10-24(23)31/h8-11,18,20,25H,2-7,12-17,19H2,1H3,(H,35,39). The number of piperidine rings is 1. The number of hydrogen-bond acceptors (Lipinski definition) is 4. The molecule has 1 N–H and O–H groups in total. The largest absolute Gasteiger partial charge is 0.460 e. The number of carbonyl (C=O) groups excluding carboxylic acids is 2. The van der Waals surface area contributed by atoms with Gasteiger partial charge in [0.25, 0.3) is 0 Å². The second-order valence-corrected chi connectivity index (χ2v) is 11.9. The molecule has 3 aliphatic rings. The first-order valence-corrected chi connectivity index (χ1v) is 14.8. The van der Waals surface area contributed by atoms with Gasteiger partial charge in [-0.1, -0.05) is 50.6 Å². The molecule has 2 amide bonds. The Morgan fingerprint density at radius 2 is 1.80 bits per heavy atom. The summed E-state index contributed by atoms with van der Waals surface area (Å²) in [4.78, 5) is 31.2. The fraction of sp³-hybridized carbons (Fsp3) is 0.600. The molecule has 5 rings (SSSR count). The highest BCUT2D eigenvalue weighted by Gasteiger charge is 2.53. The van der Waals surface area contributed by atoms with Gasteiger partial charge in [-0.25, -0.2) is 0 Å². The van der Waals surface area contributed by atoms with Crippen molar-refractivity contribution < 1.29 is 27.2 Å². The Hall–Kier alpha value is -2.52. The molecule has 1 unspecified atom stereocenters. The topological polar surface area (TPSA) is 65.8 Å². The fourth-order valence-electron chi connectivity index (χ4n) is 6.64. The molecule has 3 fully saturated rings. The van der Waals surface area contributed by atoms with Crippen molar-refractivity contribution in [3.63, 3.8) is 0 Å². The molecule has 1 aliphatic carbocycles. The average Bonchev–Trinajstić information content (AvgIpc) is 3.39. The van der Waals surface area contributed by atoms with E-state index < -0.39 is 23.3 Å². The summed E-state index contributed by atoms with van der Waals surface area (Å²) < 4.78 is 45.5. The van der Waals surface area contributed by atoms with Crippen LogP contribution in [0.3, 0.4) is 0 Å². The Bertz CT molecular complexity index is 1220. The lowest BCUT2D eigenvalue weighted by molar-refractivity contribution is -0.162. The zero-order valence-corrected chi connectivity index (χ0v) is 23.6. The monoisotopic (exact) mass is 579 g/mol. The molecule has 40 heavy (non-hydrogen) atoms. The summed E-state index contributed by atoms with van der Waals surface area (Å²) in [6.45, 7) is 4.22. The Kier molecular flexibility index (Phi) is 8.53. The predicted octanol–water partition coefficient (Wildman–Crippen LogP) is 6.66. The number of carbonyl (C=O) groups is 2. The van der Waals surface area contributed by atoms with Gasteiger partial charge in [-0.2, -0.15) is 13.2 Å². The number of rotatable bonds is 7. The van der Waals surface area contributed by atoms with Gasteiger partial charge in [0.15, 0.2) is 0 Å². The number of likely N-dealkylation sites (tertiary alicyclic amines) is 1. The zero-order chi connectivity index (χ0) is 28.5. The minimum absolute atomic E-state index is 0.0412. The molecule has 3 heterocycles. The van der Waals surface area contributed by atoms with E-state index in [0.29, 0.717) is 50.7 Å². The molecule has 2 saturated heterocycles. The van der Waals surface area contributed by atoms with Crippen LogP contribution in [0.1, 0.15) is 76.0 Å². The third-order valence-corrected chi connectivity index (χ3v) is 9.16. The predicted molar refractivity (Wildman–Crippen MR) is 147 cm³/mol. The second kappa shape index (κ2) is 11.8. The van der Waals surface area contributed by atoms with Crippen molar-refractivity contribution in [2.24, 2.45) is 5.92 Å². The summed E-state index contributed by atoms with van der Waals surface area (Å²) in [5, 5.41) is 3.29. The van der Waals surface area contributed by atoms with Crippen molar-refractivity contribution >= 4 is 23.4 Å². The third-order valence-electron chi connectivity index (χ3n) is 8.83. The Morgan fingerprint density at radius 1 is 1.07 bits per heavy atom. The molecule has 218 valence electrons. The minimum atomic E-state index is -4.48. The highest BCUT2D eigenvalue weighted by molar-refractivity contribution is 6.33. The molecule has 2 aliphatic heterocycles. The van der Waals surface area contributed by atoms with E-state index in [4.69, 9.17) is 16.0 Å². The maximum atomic E-state index is 13.6. The molecule has 2 aromatic rings. The number of amides is 2. The number of benzene rings is 1. The summed E-state index contributed by atoms with van der Waals surface area (Å²) in [7, 11) is 0. The van der Waals surface area contributed by atoms with E-state index in [1.165, 1.54) is 25.3 Å². The number of nitrogens with zero attached hydrogens (tertiary/aromatic N) is 2. The molecule has 1 spiro atoms. The first-order valence-electron chi connectivity index (χ1n) is 14.4. The van der Waals surface area contributed by atoms with Crippen molar-refractivity contribution in [3.05, 3.63) is 46.7 Å². The molecule has 6 nitrogen and oxygen atoms in total. The summed E-state index contributed by atoms with van der Waals surface area (Å²) in [6, 6.07) is 6.11. The SMILES string of the molecule is CCCN1C(=O)C(CC2CCCCC2)NC(=O)C12CCN(Cc1ccc(-c3cc(C(F)(F)F)ccc3Cl)o1)CC2. The summed E-state index contributed by atoms with van der Waals surface area (Å²) in [5.74, 6) is 1.37. The number of halogens is 4. The van der Waals surface area contributed by atoms with Crippen LogP contribution in [-0.2, 0) is 22.3 Å². The molecule has 0 radical (unpaired) electrons. The average molecular weight is 580 g/mol.